The molecular weight excluding hydrogens is 252 g/mol. The first-order valence-corrected chi connectivity index (χ1v) is 7.65. The fourth-order valence-corrected chi connectivity index (χ4v) is 2.78. The van der Waals surface area contributed by atoms with Gasteiger partial charge in [-0.05, 0) is 50.8 Å². The highest BCUT2D eigenvalue weighted by Crippen LogP contribution is 2.31. The highest BCUT2D eigenvalue weighted by molar-refractivity contribution is 5.81. The summed E-state index contributed by atoms with van der Waals surface area (Å²) >= 11 is 0. The van der Waals surface area contributed by atoms with Crippen molar-refractivity contribution in [1.29, 1.82) is 0 Å². The van der Waals surface area contributed by atoms with Gasteiger partial charge in [0.25, 0.3) is 0 Å². The lowest BCUT2D eigenvalue weighted by molar-refractivity contribution is -0.124. The standard InChI is InChI=1S/C17H24O3/c1-3-19-16-10-9-13(12-17(16)20-4-2)11-14-7-5-6-8-15(14)18/h9-10,12,14H,3-8,11H2,1-2H3. The minimum Gasteiger partial charge on any atom is -0.490 e. The van der Waals surface area contributed by atoms with Crippen molar-refractivity contribution in [1.82, 2.24) is 0 Å². The minimum absolute atomic E-state index is 0.191. The highest BCUT2D eigenvalue weighted by atomic mass is 16.5. The summed E-state index contributed by atoms with van der Waals surface area (Å²) < 4.78 is 11.2. The number of rotatable bonds is 6. The third-order valence-electron chi connectivity index (χ3n) is 3.77. The highest BCUT2D eigenvalue weighted by Gasteiger charge is 2.22. The van der Waals surface area contributed by atoms with Gasteiger partial charge >= 0.3 is 0 Å². The van der Waals surface area contributed by atoms with Gasteiger partial charge in [0.1, 0.15) is 5.78 Å². The van der Waals surface area contributed by atoms with Gasteiger partial charge in [0.05, 0.1) is 13.2 Å². The number of ether oxygens (including phenoxy) is 2. The quantitative estimate of drug-likeness (QED) is 0.793. The van der Waals surface area contributed by atoms with E-state index in [4.69, 9.17) is 9.47 Å². The first-order valence-electron chi connectivity index (χ1n) is 7.65. The molecule has 1 aromatic rings. The molecule has 2 rings (SSSR count). The maximum Gasteiger partial charge on any atom is 0.161 e. The van der Waals surface area contributed by atoms with E-state index in [0.29, 0.717) is 19.0 Å². The summed E-state index contributed by atoms with van der Waals surface area (Å²) in [5.41, 5.74) is 1.16. The van der Waals surface area contributed by atoms with Gasteiger partial charge in [0.15, 0.2) is 11.5 Å². The van der Waals surface area contributed by atoms with Crippen molar-refractivity contribution in [2.45, 2.75) is 46.0 Å². The number of benzene rings is 1. The van der Waals surface area contributed by atoms with Crippen LogP contribution in [0.4, 0.5) is 0 Å². The third kappa shape index (κ3) is 3.75. The number of ketones is 1. The number of hydrogen-bond donors (Lipinski definition) is 0. The lowest BCUT2D eigenvalue weighted by Crippen LogP contribution is -2.21. The van der Waals surface area contributed by atoms with Crippen molar-refractivity contribution >= 4 is 5.78 Å². The zero-order valence-electron chi connectivity index (χ0n) is 12.5. The van der Waals surface area contributed by atoms with Crippen molar-refractivity contribution in [2.24, 2.45) is 5.92 Å². The van der Waals surface area contributed by atoms with Gasteiger partial charge in [-0.2, -0.15) is 0 Å². The lowest BCUT2D eigenvalue weighted by Gasteiger charge is -2.21. The van der Waals surface area contributed by atoms with Gasteiger partial charge in [-0.15, -0.1) is 0 Å². The van der Waals surface area contributed by atoms with Crippen LogP contribution in [0.5, 0.6) is 11.5 Å². The summed E-state index contributed by atoms with van der Waals surface area (Å²) in [7, 11) is 0. The van der Waals surface area contributed by atoms with Crippen LogP contribution >= 0.6 is 0 Å². The molecule has 110 valence electrons. The van der Waals surface area contributed by atoms with E-state index in [9.17, 15) is 4.79 Å². The molecule has 1 atom stereocenters. The fourth-order valence-electron chi connectivity index (χ4n) is 2.78. The predicted octanol–water partition coefficient (Wildman–Crippen LogP) is 3.79. The summed E-state index contributed by atoms with van der Waals surface area (Å²) in [6, 6.07) is 6.03. The predicted molar refractivity (Wildman–Crippen MR) is 79.4 cm³/mol. The first-order chi connectivity index (χ1) is 9.74. The SMILES string of the molecule is CCOc1ccc(CC2CCCCC2=O)cc1OCC. The summed E-state index contributed by atoms with van der Waals surface area (Å²) in [5, 5.41) is 0. The number of Topliss-reactive ketones (excluding diaryl/α,β-unsaturated/α-hetero) is 1. The molecule has 20 heavy (non-hydrogen) atoms. The largest absolute Gasteiger partial charge is 0.490 e. The zero-order valence-corrected chi connectivity index (χ0v) is 12.5. The fraction of sp³-hybridized carbons (Fsp3) is 0.588. The molecule has 0 spiro atoms. The van der Waals surface area contributed by atoms with Crippen LogP contribution in [0.2, 0.25) is 0 Å². The molecule has 0 N–H and O–H groups in total. The van der Waals surface area contributed by atoms with E-state index < -0.39 is 0 Å². The molecule has 0 radical (unpaired) electrons. The monoisotopic (exact) mass is 276 g/mol. The number of carbonyl (C=O) groups is 1. The van der Waals surface area contributed by atoms with E-state index in [1.54, 1.807) is 0 Å². The van der Waals surface area contributed by atoms with Gasteiger partial charge < -0.3 is 9.47 Å². The maximum atomic E-state index is 11.9. The summed E-state index contributed by atoms with van der Waals surface area (Å²) in [5.74, 6) is 2.18. The van der Waals surface area contributed by atoms with E-state index in [2.05, 4.69) is 6.07 Å². The van der Waals surface area contributed by atoms with Gasteiger partial charge in [-0.25, -0.2) is 0 Å². The van der Waals surface area contributed by atoms with Gasteiger partial charge in [0.2, 0.25) is 0 Å². The molecule has 1 aliphatic rings. The smallest absolute Gasteiger partial charge is 0.161 e. The van der Waals surface area contributed by atoms with Crippen LogP contribution in [0, 0.1) is 5.92 Å². The van der Waals surface area contributed by atoms with E-state index in [1.807, 2.05) is 26.0 Å². The molecule has 0 bridgehead atoms. The Bertz CT molecular complexity index is 454. The lowest BCUT2D eigenvalue weighted by atomic mass is 9.84. The van der Waals surface area contributed by atoms with Crippen LogP contribution in [0.1, 0.15) is 45.1 Å². The summed E-state index contributed by atoms with van der Waals surface area (Å²) in [6.07, 6.45) is 4.83. The molecular formula is C17H24O3. The average molecular weight is 276 g/mol. The topological polar surface area (TPSA) is 35.5 Å². The molecule has 0 saturated heterocycles. The van der Waals surface area contributed by atoms with E-state index in [-0.39, 0.29) is 5.92 Å². The summed E-state index contributed by atoms with van der Waals surface area (Å²) in [6.45, 7) is 5.17. The van der Waals surface area contributed by atoms with Gasteiger partial charge in [-0.3, -0.25) is 4.79 Å². The van der Waals surface area contributed by atoms with Crippen LogP contribution in [-0.4, -0.2) is 19.0 Å². The first kappa shape index (κ1) is 14.9. The van der Waals surface area contributed by atoms with Gasteiger partial charge in [-0.1, -0.05) is 12.5 Å². The molecule has 1 unspecified atom stereocenters. The van der Waals surface area contributed by atoms with Crippen LogP contribution in [0.3, 0.4) is 0 Å². The van der Waals surface area contributed by atoms with Crippen LogP contribution < -0.4 is 9.47 Å². The molecule has 0 heterocycles. The van der Waals surface area contributed by atoms with Crippen LogP contribution in [0.25, 0.3) is 0 Å². The molecule has 3 heteroatoms. The second kappa shape index (κ2) is 7.32. The average Bonchev–Trinajstić information content (AvgIpc) is 2.45. The molecule has 0 amide bonds. The summed E-state index contributed by atoms with van der Waals surface area (Å²) in [4.78, 5) is 11.9. The Hall–Kier alpha value is -1.51. The van der Waals surface area contributed by atoms with E-state index in [1.165, 1.54) is 6.42 Å². The Morgan fingerprint density at radius 3 is 2.55 bits per heavy atom. The Labute approximate surface area is 121 Å². The normalized spacial score (nSPS) is 18.9. The Kier molecular flexibility index (Phi) is 5.45. The second-order valence-electron chi connectivity index (χ2n) is 5.26. The van der Waals surface area contributed by atoms with Crippen molar-refractivity contribution in [3.05, 3.63) is 23.8 Å². The Morgan fingerprint density at radius 1 is 1.10 bits per heavy atom. The van der Waals surface area contributed by atoms with Crippen molar-refractivity contribution in [2.75, 3.05) is 13.2 Å². The Morgan fingerprint density at radius 2 is 1.85 bits per heavy atom. The molecule has 1 aliphatic carbocycles. The Balaban J connectivity index is 2.11. The molecule has 1 saturated carbocycles. The van der Waals surface area contributed by atoms with Crippen molar-refractivity contribution in [3.63, 3.8) is 0 Å². The van der Waals surface area contributed by atoms with Gasteiger partial charge in [0, 0.05) is 12.3 Å². The van der Waals surface area contributed by atoms with Crippen molar-refractivity contribution in [3.8, 4) is 11.5 Å². The molecule has 0 aromatic heterocycles. The maximum absolute atomic E-state index is 11.9. The minimum atomic E-state index is 0.191. The third-order valence-corrected chi connectivity index (χ3v) is 3.77. The van der Waals surface area contributed by atoms with Crippen LogP contribution in [0.15, 0.2) is 18.2 Å². The number of carbonyl (C=O) groups excluding carboxylic acids is 1. The molecule has 0 aliphatic heterocycles. The molecule has 3 nitrogen and oxygen atoms in total. The molecule has 1 fully saturated rings. The second-order valence-corrected chi connectivity index (χ2v) is 5.26. The zero-order chi connectivity index (χ0) is 14.4. The van der Waals surface area contributed by atoms with E-state index in [0.717, 1.165) is 42.7 Å². The van der Waals surface area contributed by atoms with E-state index >= 15 is 0 Å². The van der Waals surface area contributed by atoms with Crippen LogP contribution in [-0.2, 0) is 11.2 Å². The van der Waals surface area contributed by atoms with Crippen molar-refractivity contribution < 1.29 is 14.3 Å². The molecule has 1 aromatic carbocycles. The number of hydrogen-bond acceptors (Lipinski definition) is 3.